The van der Waals surface area contributed by atoms with Crippen molar-refractivity contribution in [2.75, 3.05) is 24.7 Å². The van der Waals surface area contributed by atoms with E-state index in [4.69, 9.17) is 0 Å². The topological polar surface area (TPSA) is 3.24 Å². The van der Waals surface area contributed by atoms with Crippen LogP contribution in [0.1, 0.15) is 6.92 Å². The Labute approximate surface area is 78.8 Å². The summed E-state index contributed by atoms with van der Waals surface area (Å²) in [6.45, 7) is 3.22. The van der Waals surface area contributed by atoms with E-state index in [0.717, 1.165) is 6.54 Å². The first kappa shape index (κ1) is 9.46. The highest BCUT2D eigenvalue weighted by Crippen LogP contribution is 2.26. The van der Waals surface area contributed by atoms with Crippen molar-refractivity contribution in [2.45, 2.75) is 11.8 Å². The van der Waals surface area contributed by atoms with Crippen molar-refractivity contribution < 1.29 is 0 Å². The lowest BCUT2D eigenvalue weighted by molar-refractivity contribution is 0.953. The molecule has 1 aromatic rings. The molecule has 0 saturated carbocycles. The summed E-state index contributed by atoms with van der Waals surface area (Å²) < 4.78 is 0. The monoisotopic (exact) mass is 181 g/mol. The Morgan fingerprint density at radius 3 is 2.58 bits per heavy atom. The van der Waals surface area contributed by atoms with Gasteiger partial charge in [0, 0.05) is 18.5 Å². The molecule has 1 aromatic carbocycles. The maximum Gasteiger partial charge on any atom is 0.0501 e. The first-order valence-electron chi connectivity index (χ1n) is 4.13. The minimum absolute atomic E-state index is 1.05. The highest BCUT2D eigenvalue weighted by atomic mass is 32.2. The minimum atomic E-state index is 1.05. The van der Waals surface area contributed by atoms with E-state index in [0.29, 0.717) is 0 Å². The molecule has 1 rings (SSSR count). The fraction of sp³-hybridized carbons (Fsp3) is 0.400. The van der Waals surface area contributed by atoms with Crippen LogP contribution in [0.25, 0.3) is 0 Å². The van der Waals surface area contributed by atoms with E-state index < -0.39 is 0 Å². The van der Waals surface area contributed by atoms with Crippen molar-refractivity contribution in [3.05, 3.63) is 24.3 Å². The Kier molecular flexibility index (Phi) is 3.48. The van der Waals surface area contributed by atoms with Crippen LogP contribution in [0.2, 0.25) is 0 Å². The van der Waals surface area contributed by atoms with Gasteiger partial charge in [-0.15, -0.1) is 11.8 Å². The van der Waals surface area contributed by atoms with Gasteiger partial charge in [-0.1, -0.05) is 12.1 Å². The third kappa shape index (κ3) is 1.95. The van der Waals surface area contributed by atoms with Crippen molar-refractivity contribution in [1.29, 1.82) is 0 Å². The maximum atomic E-state index is 2.26. The normalized spacial score (nSPS) is 9.92. The third-order valence-corrected chi connectivity index (χ3v) is 2.76. The van der Waals surface area contributed by atoms with Crippen LogP contribution in [0.15, 0.2) is 29.2 Å². The number of hydrogen-bond donors (Lipinski definition) is 0. The molecule has 66 valence electrons. The molecule has 0 radical (unpaired) electrons. The fourth-order valence-corrected chi connectivity index (χ4v) is 1.76. The van der Waals surface area contributed by atoms with Gasteiger partial charge in [-0.3, -0.25) is 0 Å². The van der Waals surface area contributed by atoms with Gasteiger partial charge >= 0.3 is 0 Å². The minimum Gasteiger partial charge on any atom is -0.374 e. The average molecular weight is 181 g/mol. The SMILES string of the molecule is CCN(C)c1ccccc1SC. The first-order valence-corrected chi connectivity index (χ1v) is 5.36. The number of benzene rings is 1. The Bertz CT molecular complexity index is 247. The van der Waals surface area contributed by atoms with E-state index in [-0.39, 0.29) is 0 Å². The molecule has 0 amide bonds. The molecule has 12 heavy (non-hydrogen) atoms. The Hall–Kier alpha value is -0.630. The molecule has 0 aromatic heterocycles. The van der Waals surface area contributed by atoms with Crippen LogP contribution in [-0.4, -0.2) is 19.8 Å². The van der Waals surface area contributed by atoms with Crippen LogP contribution in [0.3, 0.4) is 0 Å². The second-order valence-corrected chi connectivity index (χ2v) is 3.53. The van der Waals surface area contributed by atoms with Gasteiger partial charge in [-0.2, -0.15) is 0 Å². The molecule has 0 N–H and O–H groups in total. The lowest BCUT2D eigenvalue weighted by Gasteiger charge is -2.19. The molecular formula is C10H15NS. The summed E-state index contributed by atoms with van der Waals surface area (Å²) in [5.74, 6) is 0. The Morgan fingerprint density at radius 2 is 2.00 bits per heavy atom. The van der Waals surface area contributed by atoms with Crippen molar-refractivity contribution in [3.8, 4) is 0 Å². The van der Waals surface area contributed by atoms with Crippen molar-refractivity contribution >= 4 is 17.4 Å². The van der Waals surface area contributed by atoms with Crippen LogP contribution in [0.5, 0.6) is 0 Å². The standard InChI is InChI=1S/C10H15NS/c1-4-11(2)9-7-5-6-8-10(9)12-3/h5-8H,4H2,1-3H3. The highest BCUT2D eigenvalue weighted by molar-refractivity contribution is 7.98. The summed E-state index contributed by atoms with van der Waals surface area (Å²) in [5.41, 5.74) is 1.33. The molecular weight excluding hydrogens is 166 g/mol. The number of anilines is 1. The maximum absolute atomic E-state index is 2.26. The number of nitrogens with zero attached hydrogens (tertiary/aromatic N) is 1. The van der Waals surface area contributed by atoms with Crippen LogP contribution >= 0.6 is 11.8 Å². The average Bonchev–Trinajstić information content (AvgIpc) is 2.16. The molecule has 0 aliphatic carbocycles. The van der Waals surface area contributed by atoms with E-state index in [1.165, 1.54) is 10.6 Å². The van der Waals surface area contributed by atoms with Crippen molar-refractivity contribution in [2.24, 2.45) is 0 Å². The predicted octanol–water partition coefficient (Wildman–Crippen LogP) is 2.86. The molecule has 1 nitrogen and oxygen atoms in total. The number of para-hydroxylation sites is 1. The lowest BCUT2D eigenvalue weighted by atomic mass is 10.3. The van der Waals surface area contributed by atoms with Gasteiger partial charge in [0.25, 0.3) is 0 Å². The highest BCUT2D eigenvalue weighted by Gasteiger charge is 2.02. The van der Waals surface area contributed by atoms with Crippen LogP contribution in [0.4, 0.5) is 5.69 Å². The van der Waals surface area contributed by atoms with E-state index >= 15 is 0 Å². The summed E-state index contributed by atoms with van der Waals surface area (Å²) in [7, 11) is 2.12. The van der Waals surface area contributed by atoms with E-state index in [1.807, 2.05) is 0 Å². The zero-order valence-electron chi connectivity index (χ0n) is 7.87. The van der Waals surface area contributed by atoms with Gasteiger partial charge in [0.15, 0.2) is 0 Å². The molecule has 0 spiro atoms. The van der Waals surface area contributed by atoms with Gasteiger partial charge in [-0.25, -0.2) is 0 Å². The summed E-state index contributed by atoms with van der Waals surface area (Å²) in [5, 5.41) is 0. The molecule has 0 bridgehead atoms. The van der Waals surface area contributed by atoms with Gasteiger partial charge in [0.1, 0.15) is 0 Å². The second kappa shape index (κ2) is 4.41. The molecule has 2 heteroatoms. The summed E-state index contributed by atoms with van der Waals surface area (Å²) >= 11 is 1.80. The lowest BCUT2D eigenvalue weighted by Crippen LogP contribution is -2.16. The molecule has 0 fully saturated rings. The van der Waals surface area contributed by atoms with Gasteiger partial charge in [0.05, 0.1) is 5.69 Å². The first-order chi connectivity index (χ1) is 5.79. The Morgan fingerprint density at radius 1 is 1.33 bits per heavy atom. The van der Waals surface area contributed by atoms with Crippen molar-refractivity contribution in [1.82, 2.24) is 0 Å². The largest absolute Gasteiger partial charge is 0.374 e. The van der Waals surface area contributed by atoms with Gasteiger partial charge < -0.3 is 4.90 Å². The van der Waals surface area contributed by atoms with Crippen LogP contribution < -0.4 is 4.90 Å². The quantitative estimate of drug-likeness (QED) is 0.660. The third-order valence-electron chi connectivity index (χ3n) is 1.97. The predicted molar refractivity (Wildman–Crippen MR) is 57.2 cm³/mol. The van der Waals surface area contributed by atoms with Crippen molar-refractivity contribution in [3.63, 3.8) is 0 Å². The van der Waals surface area contributed by atoms with E-state index in [2.05, 4.69) is 49.4 Å². The molecule has 0 unspecified atom stereocenters. The molecule has 0 saturated heterocycles. The fourth-order valence-electron chi connectivity index (χ4n) is 1.12. The molecule has 0 atom stereocenters. The molecule has 0 aliphatic heterocycles. The summed E-state index contributed by atoms with van der Waals surface area (Å²) in [4.78, 5) is 3.60. The van der Waals surface area contributed by atoms with E-state index in [1.54, 1.807) is 11.8 Å². The Balaban J connectivity index is 2.96. The molecule has 0 heterocycles. The van der Waals surface area contributed by atoms with Crippen LogP contribution in [-0.2, 0) is 0 Å². The van der Waals surface area contributed by atoms with Crippen LogP contribution in [0, 0.1) is 0 Å². The van der Waals surface area contributed by atoms with Gasteiger partial charge in [-0.05, 0) is 25.3 Å². The smallest absolute Gasteiger partial charge is 0.0501 e. The second-order valence-electron chi connectivity index (χ2n) is 2.69. The number of rotatable bonds is 3. The zero-order chi connectivity index (χ0) is 8.97. The summed E-state index contributed by atoms with van der Waals surface area (Å²) in [6, 6.07) is 8.49. The number of hydrogen-bond acceptors (Lipinski definition) is 2. The molecule has 0 aliphatic rings. The van der Waals surface area contributed by atoms with Gasteiger partial charge in [0.2, 0.25) is 0 Å². The van der Waals surface area contributed by atoms with E-state index in [9.17, 15) is 0 Å². The zero-order valence-corrected chi connectivity index (χ0v) is 8.69. The summed E-state index contributed by atoms with van der Waals surface area (Å²) in [6.07, 6.45) is 2.11. The number of thioether (sulfide) groups is 1.